The number of hydrogen-bond donors (Lipinski definition) is 1. The maximum Gasteiger partial charge on any atom is 0.0511 e. The zero-order valence-corrected chi connectivity index (χ0v) is 10.6. The Morgan fingerprint density at radius 3 is 2.82 bits per heavy atom. The standard InChI is InChI=1S/C14H22N2O/c1-2-17-11-12-4-3-9-16(10-12)14-7-5-13(15)6-8-14/h5-8,12H,2-4,9-11,15H2,1H3/t12-/m1/s1. The van der Waals surface area contributed by atoms with E-state index in [1.807, 2.05) is 12.1 Å². The van der Waals surface area contributed by atoms with Gasteiger partial charge in [-0.05, 0) is 49.9 Å². The average molecular weight is 234 g/mol. The molecule has 1 fully saturated rings. The summed E-state index contributed by atoms with van der Waals surface area (Å²) in [6.07, 6.45) is 2.54. The molecule has 0 bridgehead atoms. The monoisotopic (exact) mass is 234 g/mol. The molecule has 0 unspecified atom stereocenters. The van der Waals surface area contributed by atoms with Crippen molar-refractivity contribution < 1.29 is 4.74 Å². The summed E-state index contributed by atoms with van der Waals surface area (Å²) in [6, 6.07) is 8.17. The number of nitrogen functional groups attached to an aromatic ring is 1. The van der Waals surface area contributed by atoms with Gasteiger partial charge in [-0.2, -0.15) is 0 Å². The fraction of sp³-hybridized carbons (Fsp3) is 0.571. The van der Waals surface area contributed by atoms with Gasteiger partial charge in [-0.1, -0.05) is 0 Å². The number of hydrogen-bond acceptors (Lipinski definition) is 3. The van der Waals surface area contributed by atoms with Gasteiger partial charge in [0.05, 0.1) is 6.61 Å². The van der Waals surface area contributed by atoms with Crippen molar-refractivity contribution in [2.45, 2.75) is 19.8 Å². The Hall–Kier alpha value is -1.22. The molecule has 0 amide bonds. The quantitative estimate of drug-likeness (QED) is 0.814. The van der Waals surface area contributed by atoms with E-state index >= 15 is 0 Å². The molecule has 1 atom stereocenters. The molecule has 3 nitrogen and oxygen atoms in total. The molecule has 1 aliphatic heterocycles. The lowest BCUT2D eigenvalue weighted by Crippen LogP contribution is -2.37. The van der Waals surface area contributed by atoms with E-state index in [0.29, 0.717) is 5.92 Å². The summed E-state index contributed by atoms with van der Waals surface area (Å²) in [7, 11) is 0. The molecule has 2 rings (SSSR count). The zero-order valence-electron chi connectivity index (χ0n) is 10.6. The maximum absolute atomic E-state index is 5.71. The fourth-order valence-corrected chi connectivity index (χ4v) is 2.41. The minimum atomic E-state index is 0.668. The summed E-state index contributed by atoms with van der Waals surface area (Å²) in [5, 5.41) is 0. The second-order valence-electron chi connectivity index (χ2n) is 4.71. The van der Waals surface area contributed by atoms with Crippen LogP contribution in [-0.4, -0.2) is 26.3 Å². The Bertz CT molecular complexity index is 337. The van der Waals surface area contributed by atoms with Crippen LogP contribution >= 0.6 is 0 Å². The highest BCUT2D eigenvalue weighted by molar-refractivity contribution is 5.53. The number of ether oxygens (including phenoxy) is 1. The SMILES string of the molecule is CCOC[C@@H]1CCCN(c2ccc(N)cc2)C1. The number of nitrogens with zero attached hydrogens (tertiary/aromatic N) is 1. The van der Waals surface area contributed by atoms with Crippen LogP contribution in [0.25, 0.3) is 0 Å². The van der Waals surface area contributed by atoms with Crippen LogP contribution < -0.4 is 10.6 Å². The van der Waals surface area contributed by atoms with E-state index in [1.54, 1.807) is 0 Å². The van der Waals surface area contributed by atoms with Crippen molar-refractivity contribution in [1.29, 1.82) is 0 Å². The molecule has 1 saturated heterocycles. The molecule has 1 heterocycles. The van der Waals surface area contributed by atoms with E-state index in [-0.39, 0.29) is 0 Å². The van der Waals surface area contributed by atoms with Crippen LogP contribution in [0.15, 0.2) is 24.3 Å². The molecule has 3 heteroatoms. The van der Waals surface area contributed by atoms with Gasteiger partial charge in [-0.25, -0.2) is 0 Å². The van der Waals surface area contributed by atoms with Gasteiger partial charge in [0.25, 0.3) is 0 Å². The van der Waals surface area contributed by atoms with E-state index in [0.717, 1.165) is 32.0 Å². The second-order valence-corrected chi connectivity index (χ2v) is 4.71. The summed E-state index contributed by atoms with van der Waals surface area (Å²) < 4.78 is 5.53. The molecule has 0 aromatic heterocycles. The van der Waals surface area contributed by atoms with Gasteiger partial charge in [0, 0.05) is 31.1 Å². The van der Waals surface area contributed by atoms with Crippen LogP contribution in [0.5, 0.6) is 0 Å². The lowest BCUT2D eigenvalue weighted by molar-refractivity contribution is 0.104. The van der Waals surface area contributed by atoms with Crippen molar-refractivity contribution in [1.82, 2.24) is 0 Å². The highest BCUT2D eigenvalue weighted by Crippen LogP contribution is 2.24. The Morgan fingerprint density at radius 1 is 1.35 bits per heavy atom. The number of piperidine rings is 1. The minimum absolute atomic E-state index is 0.668. The topological polar surface area (TPSA) is 38.5 Å². The molecular weight excluding hydrogens is 212 g/mol. The molecular formula is C14H22N2O. The number of anilines is 2. The Balaban J connectivity index is 1.94. The highest BCUT2D eigenvalue weighted by Gasteiger charge is 2.19. The summed E-state index contributed by atoms with van der Waals surface area (Å²) in [4.78, 5) is 2.44. The van der Waals surface area contributed by atoms with Crippen LogP contribution in [0.4, 0.5) is 11.4 Å². The van der Waals surface area contributed by atoms with Gasteiger partial charge in [-0.3, -0.25) is 0 Å². The largest absolute Gasteiger partial charge is 0.399 e. The van der Waals surface area contributed by atoms with Crippen molar-refractivity contribution in [3.05, 3.63) is 24.3 Å². The Kier molecular flexibility index (Phi) is 4.26. The summed E-state index contributed by atoms with van der Waals surface area (Å²) in [6.45, 7) is 6.01. The van der Waals surface area contributed by atoms with Gasteiger partial charge < -0.3 is 15.4 Å². The first-order valence-electron chi connectivity index (χ1n) is 6.48. The molecule has 17 heavy (non-hydrogen) atoms. The predicted octanol–water partition coefficient (Wildman–Crippen LogP) is 2.52. The van der Waals surface area contributed by atoms with E-state index in [1.165, 1.54) is 18.5 Å². The van der Waals surface area contributed by atoms with E-state index in [9.17, 15) is 0 Å². The van der Waals surface area contributed by atoms with Gasteiger partial charge in [-0.15, -0.1) is 0 Å². The molecule has 1 aliphatic rings. The van der Waals surface area contributed by atoms with Gasteiger partial charge in [0.2, 0.25) is 0 Å². The van der Waals surface area contributed by atoms with Gasteiger partial charge in [0.15, 0.2) is 0 Å². The lowest BCUT2D eigenvalue weighted by Gasteiger charge is -2.34. The molecule has 94 valence electrons. The van der Waals surface area contributed by atoms with Crippen molar-refractivity contribution in [3.63, 3.8) is 0 Å². The first-order valence-corrected chi connectivity index (χ1v) is 6.48. The number of rotatable bonds is 4. The van der Waals surface area contributed by atoms with Crippen LogP contribution in [0.3, 0.4) is 0 Å². The molecule has 2 N–H and O–H groups in total. The predicted molar refractivity (Wildman–Crippen MR) is 72.3 cm³/mol. The van der Waals surface area contributed by atoms with E-state index < -0.39 is 0 Å². The first kappa shape index (κ1) is 12.2. The average Bonchev–Trinajstić information content (AvgIpc) is 2.37. The molecule has 0 saturated carbocycles. The van der Waals surface area contributed by atoms with Crippen LogP contribution in [0.2, 0.25) is 0 Å². The van der Waals surface area contributed by atoms with Crippen molar-refractivity contribution in [2.24, 2.45) is 5.92 Å². The van der Waals surface area contributed by atoms with E-state index in [4.69, 9.17) is 10.5 Å². The molecule has 1 aromatic carbocycles. The van der Waals surface area contributed by atoms with Crippen molar-refractivity contribution in [2.75, 3.05) is 36.9 Å². The number of benzene rings is 1. The van der Waals surface area contributed by atoms with Crippen LogP contribution in [0, 0.1) is 5.92 Å². The molecule has 1 aromatic rings. The maximum atomic E-state index is 5.71. The summed E-state index contributed by atoms with van der Waals surface area (Å²) in [5.74, 6) is 0.668. The molecule has 0 spiro atoms. The normalized spacial score (nSPS) is 20.5. The molecule has 0 aliphatic carbocycles. The fourth-order valence-electron chi connectivity index (χ4n) is 2.41. The minimum Gasteiger partial charge on any atom is -0.399 e. The molecule has 0 radical (unpaired) electrons. The third-order valence-electron chi connectivity index (χ3n) is 3.33. The van der Waals surface area contributed by atoms with Crippen LogP contribution in [0.1, 0.15) is 19.8 Å². The zero-order chi connectivity index (χ0) is 12.1. The Labute approximate surface area is 104 Å². The third-order valence-corrected chi connectivity index (χ3v) is 3.33. The van der Waals surface area contributed by atoms with Gasteiger partial charge >= 0.3 is 0 Å². The third kappa shape index (κ3) is 3.37. The summed E-state index contributed by atoms with van der Waals surface area (Å²) in [5.41, 5.74) is 7.82. The van der Waals surface area contributed by atoms with E-state index in [2.05, 4.69) is 24.0 Å². The second kappa shape index (κ2) is 5.92. The Morgan fingerprint density at radius 2 is 2.12 bits per heavy atom. The number of nitrogens with two attached hydrogens (primary N) is 1. The van der Waals surface area contributed by atoms with Crippen molar-refractivity contribution >= 4 is 11.4 Å². The lowest BCUT2D eigenvalue weighted by atomic mass is 9.98. The summed E-state index contributed by atoms with van der Waals surface area (Å²) >= 11 is 0. The van der Waals surface area contributed by atoms with Crippen molar-refractivity contribution in [3.8, 4) is 0 Å². The van der Waals surface area contributed by atoms with Gasteiger partial charge in [0.1, 0.15) is 0 Å². The smallest absolute Gasteiger partial charge is 0.0511 e. The highest BCUT2D eigenvalue weighted by atomic mass is 16.5. The first-order chi connectivity index (χ1) is 8.29. The van der Waals surface area contributed by atoms with Crippen LogP contribution in [-0.2, 0) is 4.74 Å².